The monoisotopic (exact) mass is 410 g/mol. The molecule has 0 aliphatic rings. The molecule has 0 saturated carbocycles. The van der Waals surface area contributed by atoms with Crippen LogP contribution in [0.2, 0.25) is 0 Å². The zero-order chi connectivity index (χ0) is 20.7. The summed E-state index contributed by atoms with van der Waals surface area (Å²) in [5.74, 6) is 0.355. The molecule has 0 aliphatic carbocycles. The number of sulfonamides is 1. The van der Waals surface area contributed by atoms with Crippen LogP contribution in [-0.2, 0) is 29.4 Å². The van der Waals surface area contributed by atoms with Crippen LogP contribution >= 0.6 is 0 Å². The van der Waals surface area contributed by atoms with Crippen LogP contribution in [0, 0.1) is 0 Å². The first-order valence-corrected chi connectivity index (χ1v) is 11.1. The van der Waals surface area contributed by atoms with Gasteiger partial charge in [-0.15, -0.1) is 0 Å². The molecule has 0 radical (unpaired) electrons. The Bertz CT molecular complexity index is 1020. The summed E-state index contributed by atoms with van der Waals surface area (Å²) in [7, 11) is -2.28. The molecule has 0 amide bonds. The SMILES string of the molecule is CCc1ccc(OC)c(S(=O)(=O)N(CCc2ccccc2)Cc2ccccn2)c1. The highest BCUT2D eigenvalue weighted by Gasteiger charge is 2.28. The third-order valence-corrected chi connectivity index (χ3v) is 6.68. The maximum atomic E-state index is 13.6. The van der Waals surface area contributed by atoms with Crippen molar-refractivity contribution in [2.45, 2.75) is 31.2 Å². The van der Waals surface area contributed by atoms with Gasteiger partial charge in [-0.05, 0) is 48.2 Å². The van der Waals surface area contributed by atoms with E-state index in [-0.39, 0.29) is 11.4 Å². The van der Waals surface area contributed by atoms with Crippen LogP contribution in [0.25, 0.3) is 0 Å². The summed E-state index contributed by atoms with van der Waals surface area (Å²) >= 11 is 0. The van der Waals surface area contributed by atoms with Crippen molar-refractivity contribution in [1.29, 1.82) is 0 Å². The van der Waals surface area contributed by atoms with Gasteiger partial charge in [-0.1, -0.05) is 49.4 Å². The minimum absolute atomic E-state index is 0.198. The molecule has 0 spiro atoms. The van der Waals surface area contributed by atoms with E-state index in [9.17, 15) is 8.42 Å². The predicted octanol–water partition coefficient (Wildman–Crippen LogP) is 4.09. The maximum Gasteiger partial charge on any atom is 0.247 e. The lowest BCUT2D eigenvalue weighted by Crippen LogP contribution is -2.33. The normalized spacial score (nSPS) is 11.6. The molecule has 6 heteroatoms. The van der Waals surface area contributed by atoms with E-state index in [0.29, 0.717) is 24.4 Å². The van der Waals surface area contributed by atoms with Gasteiger partial charge in [-0.2, -0.15) is 4.31 Å². The van der Waals surface area contributed by atoms with Crippen LogP contribution in [0.15, 0.2) is 77.8 Å². The zero-order valence-electron chi connectivity index (χ0n) is 16.8. The lowest BCUT2D eigenvalue weighted by molar-refractivity contribution is 0.385. The van der Waals surface area contributed by atoms with Gasteiger partial charge in [0.1, 0.15) is 10.6 Å². The van der Waals surface area contributed by atoms with E-state index >= 15 is 0 Å². The smallest absolute Gasteiger partial charge is 0.247 e. The Morgan fingerprint density at radius 2 is 1.72 bits per heavy atom. The Hall–Kier alpha value is -2.70. The number of aryl methyl sites for hydroxylation is 1. The number of pyridine rings is 1. The van der Waals surface area contributed by atoms with Gasteiger partial charge < -0.3 is 4.74 Å². The highest BCUT2D eigenvalue weighted by molar-refractivity contribution is 7.89. The lowest BCUT2D eigenvalue weighted by atomic mass is 10.1. The average molecular weight is 411 g/mol. The first-order chi connectivity index (χ1) is 14.0. The summed E-state index contributed by atoms with van der Waals surface area (Å²) < 4.78 is 34.1. The molecule has 3 aromatic rings. The molecule has 0 fully saturated rings. The number of methoxy groups -OCH3 is 1. The molecule has 0 N–H and O–H groups in total. The average Bonchev–Trinajstić information content (AvgIpc) is 2.77. The molecule has 0 unspecified atom stereocenters. The number of nitrogens with zero attached hydrogens (tertiary/aromatic N) is 2. The molecule has 29 heavy (non-hydrogen) atoms. The van der Waals surface area contributed by atoms with Crippen molar-refractivity contribution in [3.8, 4) is 5.75 Å². The highest BCUT2D eigenvalue weighted by atomic mass is 32.2. The zero-order valence-corrected chi connectivity index (χ0v) is 17.6. The molecule has 152 valence electrons. The number of ether oxygens (including phenoxy) is 1. The first-order valence-electron chi connectivity index (χ1n) is 9.65. The quantitative estimate of drug-likeness (QED) is 0.533. The summed E-state index contributed by atoms with van der Waals surface area (Å²) in [6.45, 7) is 2.55. The van der Waals surface area contributed by atoms with E-state index in [1.54, 1.807) is 18.3 Å². The Labute approximate surface area is 173 Å². The summed E-state index contributed by atoms with van der Waals surface area (Å²) in [6, 6.07) is 20.7. The number of rotatable bonds is 9. The molecular formula is C23H26N2O3S. The fourth-order valence-corrected chi connectivity index (χ4v) is 4.75. The molecule has 5 nitrogen and oxygen atoms in total. The van der Waals surface area contributed by atoms with E-state index in [1.165, 1.54) is 11.4 Å². The summed E-state index contributed by atoms with van der Waals surface area (Å²) in [5.41, 5.74) is 2.74. The van der Waals surface area contributed by atoms with E-state index in [0.717, 1.165) is 17.5 Å². The number of benzene rings is 2. The van der Waals surface area contributed by atoms with Crippen LogP contribution < -0.4 is 4.74 Å². The van der Waals surface area contributed by atoms with Crippen molar-refractivity contribution < 1.29 is 13.2 Å². The second kappa shape index (κ2) is 9.67. The number of hydrogen-bond acceptors (Lipinski definition) is 4. The molecule has 0 atom stereocenters. The topological polar surface area (TPSA) is 59.5 Å². The van der Waals surface area contributed by atoms with Crippen LogP contribution in [0.1, 0.15) is 23.7 Å². The van der Waals surface area contributed by atoms with Crippen molar-refractivity contribution in [1.82, 2.24) is 9.29 Å². The Balaban J connectivity index is 1.97. The minimum Gasteiger partial charge on any atom is -0.495 e. The number of aromatic nitrogens is 1. The Morgan fingerprint density at radius 1 is 0.966 bits per heavy atom. The van der Waals surface area contributed by atoms with Gasteiger partial charge in [0.2, 0.25) is 10.0 Å². The van der Waals surface area contributed by atoms with Gasteiger partial charge in [-0.25, -0.2) is 8.42 Å². The highest BCUT2D eigenvalue weighted by Crippen LogP contribution is 2.29. The molecule has 0 saturated heterocycles. The second-order valence-electron chi connectivity index (χ2n) is 6.73. The van der Waals surface area contributed by atoms with Gasteiger partial charge in [0.05, 0.1) is 19.3 Å². The van der Waals surface area contributed by atoms with Crippen molar-refractivity contribution in [2.24, 2.45) is 0 Å². The van der Waals surface area contributed by atoms with Crippen molar-refractivity contribution >= 4 is 10.0 Å². The van der Waals surface area contributed by atoms with Crippen LogP contribution in [-0.4, -0.2) is 31.4 Å². The molecule has 1 heterocycles. The van der Waals surface area contributed by atoms with Crippen molar-refractivity contribution in [3.63, 3.8) is 0 Å². The van der Waals surface area contributed by atoms with Crippen molar-refractivity contribution in [2.75, 3.05) is 13.7 Å². The van der Waals surface area contributed by atoms with Gasteiger partial charge in [0, 0.05) is 12.7 Å². The van der Waals surface area contributed by atoms with Gasteiger partial charge >= 0.3 is 0 Å². The molecule has 0 bridgehead atoms. The largest absolute Gasteiger partial charge is 0.495 e. The van der Waals surface area contributed by atoms with E-state index in [4.69, 9.17) is 4.74 Å². The first kappa shape index (κ1) is 21.0. The summed E-state index contributed by atoms with van der Waals surface area (Å²) in [5, 5.41) is 0. The van der Waals surface area contributed by atoms with Crippen LogP contribution in [0.4, 0.5) is 0 Å². The molecular weight excluding hydrogens is 384 g/mol. The van der Waals surface area contributed by atoms with E-state index in [1.807, 2.05) is 61.5 Å². The lowest BCUT2D eigenvalue weighted by Gasteiger charge is -2.23. The fraction of sp³-hybridized carbons (Fsp3) is 0.261. The van der Waals surface area contributed by atoms with Crippen LogP contribution in [0.3, 0.4) is 0 Å². The van der Waals surface area contributed by atoms with E-state index < -0.39 is 10.0 Å². The van der Waals surface area contributed by atoms with Crippen molar-refractivity contribution in [3.05, 3.63) is 89.7 Å². The van der Waals surface area contributed by atoms with Crippen LogP contribution in [0.5, 0.6) is 5.75 Å². The molecule has 0 aliphatic heterocycles. The number of hydrogen-bond donors (Lipinski definition) is 0. The summed E-state index contributed by atoms with van der Waals surface area (Å²) in [4.78, 5) is 4.52. The summed E-state index contributed by atoms with van der Waals surface area (Å²) in [6.07, 6.45) is 3.04. The standard InChI is InChI=1S/C23H26N2O3S/c1-3-19-12-13-22(28-2)23(17-19)29(26,27)25(18-21-11-7-8-15-24-21)16-14-20-9-5-4-6-10-20/h4-13,15,17H,3,14,16,18H2,1-2H3. The van der Waals surface area contributed by atoms with Gasteiger partial charge in [0.15, 0.2) is 0 Å². The van der Waals surface area contributed by atoms with Gasteiger partial charge in [0.25, 0.3) is 0 Å². The maximum absolute atomic E-state index is 13.6. The molecule has 2 aromatic carbocycles. The Kier molecular flexibility index (Phi) is 7.01. The van der Waals surface area contributed by atoms with E-state index in [2.05, 4.69) is 4.98 Å². The third kappa shape index (κ3) is 5.22. The van der Waals surface area contributed by atoms with Gasteiger partial charge in [-0.3, -0.25) is 4.98 Å². The second-order valence-corrected chi connectivity index (χ2v) is 8.64. The third-order valence-electron chi connectivity index (χ3n) is 4.81. The predicted molar refractivity (Wildman–Crippen MR) is 114 cm³/mol. The molecule has 3 rings (SSSR count). The molecule has 1 aromatic heterocycles. The minimum atomic E-state index is -3.78. The Morgan fingerprint density at radius 3 is 2.38 bits per heavy atom. The fourth-order valence-electron chi connectivity index (χ4n) is 3.14.